The van der Waals surface area contributed by atoms with Crippen LogP contribution in [0.1, 0.15) is 25.5 Å². The Balaban J connectivity index is 2.16. The molecule has 0 saturated carbocycles. The summed E-state index contributed by atoms with van der Waals surface area (Å²) in [6, 6.07) is 16.7. The van der Waals surface area contributed by atoms with Crippen LogP contribution < -0.4 is 10.5 Å². The molecule has 3 N–H and O–H groups in total. The molecule has 0 aliphatic carbocycles. The summed E-state index contributed by atoms with van der Waals surface area (Å²) in [6.07, 6.45) is -0.686. The van der Waals surface area contributed by atoms with Crippen molar-refractivity contribution < 1.29 is 9.84 Å². The molecule has 2 unspecified atom stereocenters. The van der Waals surface area contributed by atoms with E-state index in [1.165, 1.54) is 0 Å². The van der Waals surface area contributed by atoms with Gasteiger partial charge in [0.25, 0.3) is 0 Å². The largest absolute Gasteiger partial charge is 0.457 e. The maximum absolute atomic E-state index is 10.3. The number of hydrogen-bond acceptors (Lipinski definition) is 3. The van der Waals surface area contributed by atoms with E-state index < -0.39 is 6.10 Å². The second kappa shape index (κ2) is 6.55. The lowest BCUT2D eigenvalue weighted by molar-refractivity contribution is 0.125. The van der Waals surface area contributed by atoms with Gasteiger partial charge < -0.3 is 15.6 Å². The van der Waals surface area contributed by atoms with Crippen molar-refractivity contribution in [2.75, 3.05) is 0 Å². The molecule has 0 saturated heterocycles. The fraction of sp³-hybridized carbons (Fsp3) is 0.294. The van der Waals surface area contributed by atoms with Crippen molar-refractivity contribution in [2.45, 2.75) is 26.0 Å². The SMILES string of the molecule is CC(C)C(N)C(O)c1cccc(Oc2ccccc2)c1. The fourth-order valence-corrected chi connectivity index (χ4v) is 1.97. The third-order valence-corrected chi connectivity index (χ3v) is 3.31. The molecule has 3 heteroatoms. The molecule has 0 aromatic heterocycles. The van der Waals surface area contributed by atoms with Crippen molar-refractivity contribution in [1.29, 1.82) is 0 Å². The second-order valence-electron chi connectivity index (χ2n) is 5.25. The van der Waals surface area contributed by atoms with Crippen molar-refractivity contribution in [2.24, 2.45) is 11.7 Å². The lowest BCUT2D eigenvalue weighted by Gasteiger charge is -2.22. The number of aliphatic hydroxyl groups excluding tert-OH is 1. The van der Waals surface area contributed by atoms with E-state index in [9.17, 15) is 5.11 Å². The molecule has 2 aromatic carbocycles. The van der Waals surface area contributed by atoms with Crippen LogP contribution in [-0.4, -0.2) is 11.1 Å². The minimum atomic E-state index is -0.686. The van der Waals surface area contributed by atoms with Gasteiger partial charge in [-0.15, -0.1) is 0 Å². The lowest BCUT2D eigenvalue weighted by Crippen LogP contribution is -2.33. The highest BCUT2D eigenvalue weighted by Crippen LogP contribution is 2.26. The maximum Gasteiger partial charge on any atom is 0.127 e. The van der Waals surface area contributed by atoms with Crippen LogP contribution in [0.3, 0.4) is 0 Å². The molecule has 106 valence electrons. The molecular formula is C17H21NO2. The number of rotatable bonds is 5. The van der Waals surface area contributed by atoms with Gasteiger partial charge in [-0.2, -0.15) is 0 Å². The van der Waals surface area contributed by atoms with Gasteiger partial charge in [-0.25, -0.2) is 0 Å². The van der Waals surface area contributed by atoms with E-state index in [2.05, 4.69) is 0 Å². The molecule has 0 aliphatic heterocycles. The van der Waals surface area contributed by atoms with Crippen molar-refractivity contribution >= 4 is 0 Å². The van der Waals surface area contributed by atoms with Crippen molar-refractivity contribution in [3.05, 3.63) is 60.2 Å². The Morgan fingerprint density at radius 3 is 2.25 bits per heavy atom. The molecular weight excluding hydrogens is 250 g/mol. The van der Waals surface area contributed by atoms with Gasteiger partial charge in [0.2, 0.25) is 0 Å². The summed E-state index contributed by atoms with van der Waals surface area (Å²) in [5, 5.41) is 10.3. The van der Waals surface area contributed by atoms with Gasteiger partial charge in [-0.1, -0.05) is 44.2 Å². The first kappa shape index (κ1) is 14.6. The number of para-hydroxylation sites is 1. The van der Waals surface area contributed by atoms with Gasteiger partial charge in [0.1, 0.15) is 11.5 Å². The standard InChI is InChI=1S/C17H21NO2/c1-12(2)16(18)17(19)13-7-6-10-15(11-13)20-14-8-4-3-5-9-14/h3-12,16-17,19H,18H2,1-2H3. The van der Waals surface area contributed by atoms with Gasteiger partial charge >= 0.3 is 0 Å². The van der Waals surface area contributed by atoms with Gasteiger partial charge in [0.15, 0.2) is 0 Å². The Kier molecular flexibility index (Phi) is 4.77. The van der Waals surface area contributed by atoms with Crippen molar-refractivity contribution in [3.8, 4) is 11.5 Å². The van der Waals surface area contributed by atoms with E-state index in [-0.39, 0.29) is 12.0 Å². The summed E-state index contributed by atoms with van der Waals surface area (Å²) in [4.78, 5) is 0. The number of aliphatic hydroxyl groups is 1. The number of hydrogen-bond donors (Lipinski definition) is 2. The van der Waals surface area contributed by atoms with E-state index in [0.29, 0.717) is 5.75 Å². The highest BCUT2D eigenvalue weighted by atomic mass is 16.5. The summed E-state index contributed by atoms with van der Waals surface area (Å²) in [7, 11) is 0. The molecule has 2 rings (SSSR count). The quantitative estimate of drug-likeness (QED) is 0.875. The smallest absolute Gasteiger partial charge is 0.127 e. The maximum atomic E-state index is 10.3. The Morgan fingerprint density at radius 2 is 1.60 bits per heavy atom. The molecule has 2 aromatic rings. The average Bonchev–Trinajstić information content (AvgIpc) is 2.47. The minimum absolute atomic E-state index is 0.212. The molecule has 0 fully saturated rings. The zero-order valence-corrected chi connectivity index (χ0v) is 11.9. The topological polar surface area (TPSA) is 55.5 Å². The first-order valence-electron chi connectivity index (χ1n) is 6.84. The van der Waals surface area contributed by atoms with Crippen LogP contribution in [0.2, 0.25) is 0 Å². The monoisotopic (exact) mass is 271 g/mol. The Hall–Kier alpha value is -1.84. The fourth-order valence-electron chi connectivity index (χ4n) is 1.97. The van der Waals surface area contributed by atoms with Crippen molar-refractivity contribution in [1.82, 2.24) is 0 Å². The number of ether oxygens (including phenoxy) is 1. The normalized spacial score (nSPS) is 14.1. The molecule has 0 heterocycles. The predicted octanol–water partition coefficient (Wildman–Crippen LogP) is 3.50. The molecule has 0 aliphatic rings. The van der Waals surface area contributed by atoms with Crippen LogP contribution in [0.25, 0.3) is 0 Å². The van der Waals surface area contributed by atoms with Crippen LogP contribution >= 0.6 is 0 Å². The third-order valence-electron chi connectivity index (χ3n) is 3.31. The number of benzene rings is 2. The summed E-state index contributed by atoms with van der Waals surface area (Å²) in [5.74, 6) is 1.68. The van der Waals surface area contributed by atoms with Crippen LogP contribution in [0.5, 0.6) is 11.5 Å². The summed E-state index contributed by atoms with van der Waals surface area (Å²) in [5.41, 5.74) is 6.78. The van der Waals surface area contributed by atoms with E-state index in [0.717, 1.165) is 11.3 Å². The van der Waals surface area contributed by atoms with E-state index >= 15 is 0 Å². The van der Waals surface area contributed by atoms with Crippen molar-refractivity contribution in [3.63, 3.8) is 0 Å². The molecule has 0 amide bonds. The number of nitrogens with two attached hydrogens (primary N) is 1. The predicted molar refractivity (Wildman–Crippen MR) is 80.7 cm³/mol. The Morgan fingerprint density at radius 1 is 0.950 bits per heavy atom. The first-order chi connectivity index (χ1) is 9.58. The van der Waals surface area contributed by atoms with Crippen LogP contribution in [0.15, 0.2) is 54.6 Å². The molecule has 2 atom stereocenters. The summed E-state index contributed by atoms with van der Waals surface area (Å²) < 4.78 is 5.76. The zero-order chi connectivity index (χ0) is 14.5. The zero-order valence-electron chi connectivity index (χ0n) is 11.9. The second-order valence-corrected chi connectivity index (χ2v) is 5.25. The van der Waals surface area contributed by atoms with E-state index in [4.69, 9.17) is 10.5 Å². The molecule has 0 radical (unpaired) electrons. The average molecular weight is 271 g/mol. The lowest BCUT2D eigenvalue weighted by atomic mass is 9.94. The minimum Gasteiger partial charge on any atom is -0.457 e. The third kappa shape index (κ3) is 3.59. The Bertz CT molecular complexity index is 540. The van der Waals surface area contributed by atoms with Crippen LogP contribution in [0, 0.1) is 5.92 Å². The van der Waals surface area contributed by atoms with Crippen LogP contribution in [0.4, 0.5) is 0 Å². The van der Waals surface area contributed by atoms with Gasteiger partial charge in [0, 0.05) is 6.04 Å². The highest BCUT2D eigenvalue weighted by molar-refractivity contribution is 5.35. The van der Waals surface area contributed by atoms with Gasteiger partial charge in [0.05, 0.1) is 6.10 Å². The highest BCUT2D eigenvalue weighted by Gasteiger charge is 2.20. The van der Waals surface area contributed by atoms with E-state index in [1.54, 1.807) is 0 Å². The molecule has 20 heavy (non-hydrogen) atoms. The van der Waals surface area contributed by atoms with Gasteiger partial charge in [-0.3, -0.25) is 0 Å². The first-order valence-corrected chi connectivity index (χ1v) is 6.84. The van der Waals surface area contributed by atoms with Gasteiger partial charge in [-0.05, 0) is 35.7 Å². The van der Waals surface area contributed by atoms with E-state index in [1.807, 2.05) is 68.4 Å². The molecule has 0 bridgehead atoms. The molecule has 0 spiro atoms. The Labute approximate surface area is 120 Å². The summed E-state index contributed by atoms with van der Waals surface area (Å²) >= 11 is 0. The summed E-state index contributed by atoms with van der Waals surface area (Å²) in [6.45, 7) is 4.00. The van der Waals surface area contributed by atoms with Crippen LogP contribution in [-0.2, 0) is 0 Å². The molecule has 3 nitrogen and oxygen atoms in total.